The number of hydrogen-bond donors (Lipinski definition) is 2. The van der Waals surface area contributed by atoms with Gasteiger partial charge in [0.05, 0.1) is 22.8 Å². The van der Waals surface area contributed by atoms with E-state index in [4.69, 9.17) is 0 Å². The van der Waals surface area contributed by atoms with Gasteiger partial charge in [-0.25, -0.2) is 8.42 Å². The van der Waals surface area contributed by atoms with Crippen LogP contribution in [0.5, 0.6) is 0 Å². The van der Waals surface area contributed by atoms with Crippen molar-refractivity contribution < 1.29 is 18.0 Å². The summed E-state index contributed by atoms with van der Waals surface area (Å²) in [5, 5.41) is 5.88. The molecule has 166 valence electrons. The lowest BCUT2D eigenvalue weighted by atomic mass is 10.1. The molecule has 9 heteroatoms. The summed E-state index contributed by atoms with van der Waals surface area (Å²) in [5.41, 5.74) is 1.89. The first-order valence-electron chi connectivity index (χ1n) is 10.1. The highest BCUT2D eigenvalue weighted by molar-refractivity contribution is 7.89. The van der Waals surface area contributed by atoms with Gasteiger partial charge in [0.15, 0.2) is 0 Å². The normalized spacial score (nSPS) is 16.6. The van der Waals surface area contributed by atoms with Crippen LogP contribution >= 0.6 is 0 Å². The summed E-state index contributed by atoms with van der Waals surface area (Å²) in [5.74, 6) is -0.320. The summed E-state index contributed by atoms with van der Waals surface area (Å²) in [6.07, 6.45) is 0.205. The molecule has 2 amide bonds. The van der Waals surface area contributed by atoms with Crippen LogP contribution in [0.4, 0.5) is 17.1 Å². The van der Waals surface area contributed by atoms with Crippen LogP contribution < -0.4 is 15.5 Å². The van der Waals surface area contributed by atoms with E-state index in [1.807, 2.05) is 32.9 Å². The Kier molecular flexibility index (Phi) is 6.66. The lowest BCUT2D eigenvalue weighted by Gasteiger charge is -2.28. The second-order valence-electron chi connectivity index (χ2n) is 7.88. The van der Waals surface area contributed by atoms with Crippen molar-refractivity contribution in [3.8, 4) is 0 Å². The van der Waals surface area contributed by atoms with Crippen LogP contribution in [0.15, 0.2) is 53.4 Å². The van der Waals surface area contributed by atoms with Crippen LogP contribution in [0.2, 0.25) is 0 Å². The fourth-order valence-electron chi connectivity index (χ4n) is 3.42. The van der Waals surface area contributed by atoms with Crippen molar-refractivity contribution in [3.05, 3.63) is 48.5 Å². The maximum absolute atomic E-state index is 13.0. The van der Waals surface area contributed by atoms with Gasteiger partial charge in [0.1, 0.15) is 0 Å². The number of hydrogen-bond acceptors (Lipinski definition) is 5. The second-order valence-corrected chi connectivity index (χ2v) is 9.87. The molecule has 0 radical (unpaired) electrons. The van der Waals surface area contributed by atoms with Crippen molar-refractivity contribution in [2.75, 3.05) is 29.1 Å². The fourth-order valence-corrected chi connectivity index (χ4v) is 4.79. The van der Waals surface area contributed by atoms with E-state index in [1.54, 1.807) is 36.2 Å². The lowest BCUT2D eigenvalue weighted by Crippen LogP contribution is -2.42. The number of anilines is 3. The molecule has 3 rings (SSSR count). The minimum absolute atomic E-state index is 0.00482. The summed E-state index contributed by atoms with van der Waals surface area (Å²) in [7, 11) is -2.02. The highest BCUT2D eigenvalue weighted by atomic mass is 32.2. The molecule has 0 spiro atoms. The first-order valence-corrected chi connectivity index (χ1v) is 11.6. The van der Waals surface area contributed by atoms with Gasteiger partial charge in [-0.2, -0.15) is 4.31 Å². The molecule has 2 aromatic rings. The SMILES string of the molecule is CC1CC(=O)Nc2ccccc2N1C(=O)CNc1ccc(S(=O)(=O)N(C)C(C)C)cc1. The van der Waals surface area contributed by atoms with Crippen LogP contribution in [0.1, 0.15) is 27.2 Å². The van der Waals surface area contributed by atoms with Crippen LogP contribution in [0.25, 0.3) is 0 Å². The van der Waals surface area contributed by atoms with Crippen molar-refractivity contribution >= 4 is 38.9 Å². The third kappa shape index (κ3) is 4.88. The van der Waals surface area contributed by atoms with E-state index in [0.29, 0.717) is 17.1 Å². The van der Waals surface area contributed by atoms with Gasteiger partial charge in [-0.05, 0) is 57.2 Å². The highest BCUT2D eigenvalue weighted by Gasteiger charge is 2.29. The van der Waals surface area contributed by atoms with Crippen molar-refractivity contribution in [1.82, 2.24) is 4.31 Å². The molecule has 8 nitrogen and oxygen atoms in total. The van der Waals surface area contributed by atoms with E-state index in [-0.39, 0.29) is 41.8 Å². The van der Waals surface area contributed by atoms with Gasteiger partial charge in [0.25, 0.3) is 0 Å². The molecule has 0 fully saturated rings. The average molecular weight is 445 g/mol. The Morgan fingerprint density at radius 3 is 2.48 bits per heavy atom. The molecule has 1 atom stereocenters. The number of carbonyl (C=O) groups excluding carboxylic acids is 2. The summed E-state index contributed by atoms with van der Waals surface area (Å²) in [6, 6.07) is 13.1. The zero-order valence-corrected chi connectivity index (χ0v) is 18.9. The van der Waals surface area contributed by atoms with Crippen molar-refractivity contribution in [2.24, 2.45) is 0 Å². The molecule has 31 heavy (non-hydrogen) atoms. The molecule has 1 unspecified atom stereocenters. The fraction of sp³-hybridized carbons (Fsp3) is 0.364. The van der Waals surface area contributed by atoms with Gasteiger partial charge in [-0.3, -0.25) is 9.59 Å². The Morgan fingerprint density at radius 1 is 1.19 bits per heavy atom. The second kappa shape index (κ2) is 9.07. The third-order valence-corrected chi connectivity index (χ3v) is 7.38. The number of nitrogens with zero attached hydrogens (tertiary/aromatic N) is 2. The molecule has 1 aliphatic rings. The molecule has 0 aliphatic carbocycles. The monoisotopic (exact) mass is 444 g/mol. The average Bonchev–Trinajstić information content (AvgIpc) is 2.85. The molecule has 1 heterocycles. The number of benzene rings is 2. The molecule has 0 saturated heterocycles. The Morgan fingerprint density at radius 2 is 1.84 bits per heavy atom. The smallest absolute Gasteiger partial charge is 0.246 e. The molecule has 2 aromatic carbocycles. The first-order chi connectivity index (χ1) is 14.6. The van der Waals surface area contributed by atoms with Gasteiger partial charge in [0.2, 0.25) is 21.8 Å². The van der Waals surface area contributed by atoms with E-state index >= 15 is 0 Å². The summed E-state index contributed by atoms with van der Waals surface area (Å²) >= 11 is 0. The lowest BCUT2D eigenvalue weighted by molar-refractivity contribution is -0.118. The summed E-state index contributed by atoms with van der Waals surface area (Å²) < 4.78 is 26.5. The van der Waals surface area contributed by atoms with Gasteiger partial charge in [-0.15, -0.1) is 0 Å². The number of carbonyl (C=O) groups is 2. The van der Waals surface area contributed by atoms with Gasteiger partial charge in [0, 0.05) is 31.2 Å². The van der Waals surface area contributed by atoms with E-state index in [0.717, 1.165) is 0 Å². The van der Waals surface area contributed by atoms with Crippen molar-refractivity contribution in [2.45, 2.75) is 44.2 Å². The third-order valence-electron chi connectivity index (χ3n) is 5.33. The number of para-hydroxylation sites is 2. The zero-order valence-electron chi connectivity index (χ0n) is 18.1. The molecule has 0 saturated carbocycles. The number of nitrogens with one attached hydrogen (secondary N) is 2. The van der Waals surface area contributed by atoms with Crippen LogP contribution in [-0.2, 0) is 19.6 Å². The number of rotatable bonds is 6. The van der Waals surface area contributed by atoms with Crippen molar-refractivity contribution in [1.29, 1.82) is 0 Å². The highest BCUT2D eigenvalue weighted by Crippen LogP contribution is 2.31. The zero-order chi connectivity index (χ0) is 22.8. The Balaban J connectivity index is 1.73. The predicted octanol–water partition coefficient (Wildman–Crippen LogP) is 2.89. The largest absolute Gasteiger partial charge is 0.376 e. The van der Waals surface area contributed by atoms with E-state index < -0.39 is 10.0 Å². The van der Waals surface area contributed by atoms with Gasteiger partial charge in [-0.1, -0.05) is 12.1 Å². The Bertz CT molecular complexity index is 1070. The van der Waals surface area contributed by atoms with Crippen molar-refractivity contribution in [3.63, 3.8) is 0 Å². The maximum atomic E-state index is 13.0. The number of amides is 2. The van der Waals surface area contributed by atoms with Gasteiger partial charge < -0.3 is 15.5 Å². The minimum atomic E-state index is -3.56. The first kappa shape index (κ1) is 22.8. The van der Waals surface area contributed by atoms with Crippen LogP contribution in [-0.4, -0.2) is 50.2 Å². The molecule has 0 aromatic heterocycles. The minimum Gasteiger partial charge on any atom is -0.376 e. The van der Waals surface area contributed by atoms with Crippen LogP contribution in [0, 0.1) is 0 Å². The van der Waals surface area contributed by atoms with E-state index in [1.165, 1.54) is 16.4 Å². The maximum Gasteiger partial charge on any atom is 0.246 e. The van der Waals surface area contributed by atoms with E-state index in [9.17, 15) is 18.0 Å². The van der Waals surface area contributed by atoms with Crippen LogP contribution in [0.3, 0.4) is 0 Å². The van der Waals surface area contributed by atoms with Gasteiger partial charge >= 0.3 is 0 Å². The number of fused-ring (bicyclic) bond motifs is 1. The summed E-state index contributed by atoms with van der Waals surface area (Å²) in [6.45, 7) is 5.46. The molecule has 2 N–H and O–H groups in total. The predicted molar refractivity (Wildman–Crippen MR) is 122 cm³/mol. The Labute approximate surface area is 183 Å². The molecular weight excluding hydrogens is 416 g/mol. The molecule has 0 bridgehead atoms. The quantitative estimate of drug-likeness (QED) is 0.714. The number of sulfonamides is 1. The topological polar surface area (TPSA) is 98.8 Å². The molecular formula is C22H28N4O4S. The standard InChI is InChI=1S/C22H28N4O4S/c1-15(2)25(4)31(29,30)18-11-9-17(10-12-18)23-14-22(28)26-16(3)13-21(27)24-19-7-5-6-8-20(19)26/h5-12,15-16,23H,13-14H2,1-4H3,(H,24,27). The Hall–Kier alpha value is -2.91. The van der Waals surface area contributed by atoms with E-state index in [2.05, 4.69) is 10.6 Å². The molecule has 1 aliphatic heterocycles. The summed E-state index contributed by atoms with van der Waals surface area (Å²) in [4.78, 5) is 26.9.